The van der Waals surface area contributed by atoms with Crippen LogP contribution in [0.4, 0.5) is 0 Å². The maximum atomic E-state index is 15.1. The van der Waals surface area contributed by atoms with E-state index in [1.165, 1.54) is 41.7 Å². The fraction of sp³-hybridized carbons (Fsp3) is 0.406. The summed E-state index contributed by atoms with van der Waals surface area (Å²) in [5.41, 5.74) is 13.8. The van der Waals surface area contributed by atoms with Crippen LogP contribution in [0.5, 0.6) is 5.75 Å². The predicted octanol–water partition coefficient (Wildman–Crippen LogP) is -0.140. The Labute approximate surface area is 529 Å². The van der Waals surface area contributed by atoms with Crippen molar-refractivity contribution in [3.05, 3.63) is 132 Å². The summed E-state index contributed by atoms with van der Waals surface area (Å²) in [5, 5.41) is 55.0. The fourth-order valence-electron chi connectivity index (χ4n) is 11.3. The van der Waals surface area contributed by atoms with Crippen molar-refractivity contribution in [1.29, 1.82) is 0 Å². The molecule has 2 fully saturated rings. The molecule has 28 nitrogen and oxygen atoms in total. The lowest BCUT2D eigenvalue weighted by atomic mass is 9.98. The molecule has 4 aromatic carbocycles. The number of amides is 9. The molecule has 6 aromatic rings. The van der Waals surface area contributed by atoms with E-state index in [0.717, 1.165) is 10.8 Å². The van der Waals surface area contributed by atoms with Crippen LogP contribution in [0.3, 0.4) is 0 Å². The summed E-state index contributed by atoms with van der Waals surface area (Å²) in [6, 6.07) is 13.5. The number of carboxylic acids is 1. The summed E-state index contributed by atoms with van der Waals surface area (Å²) in [7, 11) is 0. The number of carboxylic acid groups (broad SMARTS) is 1. The van der Waals surface area contributed by atoms with E-state index in [2.05, 4.69) is 62.5 Å². The van der Waals surface area contributed by atoms with E-state index >= 15 is 9.59 Å². The van der Waals surface area contributed by atoms with Crippen LogP contribution in [-0.2, 0) is 73.6 Å². The minimum atomic E-state index is -1.79. The highest BCUT2D eigenvalue weighted by atomic mass is 16.4. The first-order chi connectivity index (χ1) is 44.1. The molecule has 0 spiro atoms. The Bertz CT molecular complexity index is 3650. The van der Waals surface area contributed by atoms with E-state index in [0.29, 0.717) is 39.7 Å². The number of nitrogens with one attached hydrogen (secondary N) is 10. The van der Waals surface area contributed by atoms with E-state index < -0.39 is 114 Å². The summed E-state index contributed by atoms with van der Waals surface area (Å²) in [5.74, 6) is -8.76. The molecule has 488 valence electrons. The van der Waals surface area contributed by atoms with Gasteiger partial charge in [0.05, 0.1) is 12.9 Å². The van der Waals surface area contributed by atoms with Gasteiger partial charge in [0.2, 0.25) is 53.2 Å². The molecule has 2 aliphatic heterocycles. The molecule has 0 unspecified atom stereocenters. The Morgan fingerprint density at radius 1 is 0.674 bits per heavy atom. The summed E-state index contributed by atoms with van der Waals surface area (Å²) < 4.78 is 0. The molecule has 2 saturated heterocycles. The number of aliphatic imine (C=N–C) groups is 1. The lowest BCUT2D eigenvalue weighted by Crippen LogP contribution is -2.61. The molecule has 2 aromatic heterocycles. The van der Waals surface area contributed by atoms with Crippen molar-refractivity contribution in [3.63, 3.8) is 0 Å². The molecule has 28 heteroatoms. The SMILES string of the molecule is CC(C)C[C@H](NC(=O)[C@H](Cc1ccc2ccccc2c1)NC(=O)[C@H](Cc1ccc(O)cc1)NC(=O)[C@H](CO)NC(=O)[C@H](Cc1c[nH]c2ccccc12)NC(=O)[C@H](Cc1cnc[nH]1)NC(=O)[C@@H]1CCC(=O)N1)C(=O)N[C@@H](CCCN=C(N)N)C(=O)N1CCC[C@H]1C(=O)O. The summed E-state index contributed by atoms with van der Waals surface area (Å²) in [6.07, 6.45) is 4.91. The summed E-state index contributed by atoms with van der Waals surface area (Å²) in [6.45, 7) is 2.81. The molecule has 17 N–H and O–H groups in total. The lowest BCUT2D eigenvalue weighted by molar-refractivity contribution is -0.149. The van der Waals surface area contributed by atoms with Gasteiger partial charge in [0.1, 0.15) is 60.1 Å². The highest BCUT2D eigenvalue weighted by Crippen LogP contribution is 2.23. The second kappa shape index (κ2) is 31.9. The van der Waals surface area contributed by atoms with E-state index in [-0.39, 0.29) is 101 Å². The highest BCUT2D eigenvalue weighted by molar-refractivity contribution is 5.99. The van der Waals surface area contributed by atoms with Crippen molar-refractivity contribution >= 4 is 86.8 Å². The van der Waals surface area contributed by atoms with Crippen molar-refractivity contribution < 1.29 is 63.3 Å². The standard InChI is InChI=1S/C64H79N15O13/c1-35(2)25-47(56(84)72-46(13-7-23-68-64(65)66)62(90)79-24-8-14-53(79)63(91)92)73-58(86)49(28-37-15-18-38-9-3-4-10-39(38)26-37)74-57(85)48(27-36-16-19-42(81)20-17-36)75-61(89)52(33-80)78-59(87)50(29-40-31-69-44-12-6-5-11-43(40)44)76-60(88)51(30-41-32-67-34-70-41)77-55(83)45-21-22-54(82)71-45/h3-6,9-12,15-20,26,31-32,34-35,45-53,69,80-81H,7-8,13-14,21-25,27-30,33H2,1-2H3,(H,67,70)(H,71,82)(H,72,84)(H,73,86)(H,74,85)(H,75,89)(H,76,88)(H,77,83)(H,78,87)(H,91,92)(H4,65,66,68)/t45-,46-,47-,48-,49-,50-,51-,52-,53-/m0/s1. The fourth-order valence-corrected chi connectivity index (χ4v) is 11.3. The number of hydrogen-bond acceptors (Lipinski definition) is 14. The minimum absolute atomic E-state index is 0.00297. The highest BCUT2D eigenvalue weighted by Gasteiger charge is 2.40. The van der Waals surface area contributed by atoms with Crippen LogP contribution < -0.4 is 54.0 Å². The monoisotopic (exact) mass is 1270 g/mol. The van der Waals surface area contributed by atoms with Gasteiger partial charge in [-0.25, -0.2) is 9.78 Å². The van der Waals surface area contributed by atoms with Gasteiger partial charge in [-0.05, 0) is 90.1 Å². The van der Waals surface area contributed by atoms with Gasteiger partial charge in [-0.3, -0.25) is 48.1 Å². The Morgan fingerprint density at radius 2 is 1.26 bits per heavy atom. The number of guanidine groups is 1. The third kappa shape index (κ3) is 18.6. The molecule has 0 aliphatic carbocycles. The third-order valence-electron chi connectivity index (χ3n) is 16.1. The molecule has 8 rings (SSSR count). The third-order valence-corrected chi connectivity index (χ3v) is 16.1. The zero-order chi connectivity index (χ0) is 66.0. The van der Waals surface area contributed by atoms with Gasteiger partial charge < -0.3 is 84.2 Å². The number of aromatic amines is 2. The number of phenolic OH excluding ortho intramolecular Hbond substituents is 1. The molecule has 92 heavy (non-hydrogen) atoms. The number of nitrogens with two attached hydrogens (primary N) is 2. The number of aromatic hydroxyl groups is 1. The van der Waals surface area contributed by atoms with Crippen LogP contribution in [0.1, 0.15) is 81.2 Å². The van der Waals surface area contributed by atoms with Gasteiger partial charge in [-0.1, -0.05) is 86.6 Å². The second-order valence-corrected chi connectivity index (χ2v) is 23.5. The van der Waals surface area contributed by atoms with Crippen molar-refractivity contribution in [2.24, 2.45) is 22.4 Å². The number of carbonyl (C=O) groups excluding carboxylic acids is 9. The Morgan fingerprint density at radius 3 is 1.89 bits per heavy atom. The number of phenols is 1. The number of aliphatic hydroxyl groups excluding tert-OH is 1. The number of benzene rings is 4. The molecule has 4 heterocycles. The first kappa shape index (κ1) is 67.5. The van der Waals surface area contributed by atoms with Crippen LogP contribution in [0, 0.1) is 5.92 Å². The number of aliphatic carboxylic acids is 1. The van der Waals surface area contributed by atoms with Crippen molar-refractivity contribution in [3.8, 4) is 5.75 Å². The average Bonchev–Trinajstić information content (AvgIpc) is 1.53. The number of fused-ring (bicyclic) bond motifs is 2. The van der Waals surface area contributed by atoms with Crippen LogP contribution in [-0.4, -0.2) is 174 Å². The molecule has 9 atom stereocenters. The van der Waals surface area contributed by atoms with Gasteiger partial charge in [0.25, 0.3) is 0 Å². The van der Waals surface area contributed by atoms with Crippen LogP contribution >= 0.6 is 0 Å². The van der Waals surface area contributed by atoms with Crippen LogP contribution in [0.15, 0.2) is 115 Å². The summed E-state index contributed by atoms with van der Waals surface area (Å²) in [4.78, 5) is 155. The average molecular weight is 1270 g/mol. The number of carbonyl (C=O) groups is 10. The lowest BCUT2D eigenvalue weighted by Gasteiger charge is -2.30. The number of aromatic nitrogens is 3. The van der Waals surface area contributed by atoms with Crippen molar-refractivity contribution in [2.75, 3.05) is 19.7 Å². The predicted molar refractivity (Wildman–Crippen MR) is 337 cm³/mol. The van der Waals surface area contributed by atoms with Gasteiger partial charge >= 0.3 is 5.97 Å². The molecule has 2 aliphatic rings. The van der Waals surface area contributed by atoms with Crippen molar-refractivity contribution in [1.82, 2.24) is 62.4 Å². The normalized spacial score (nSPS) is 16.8. The van der Waals surface area contributed by atoms with Crippen molar-refractivity contribution in [2.45, 2.75) is 139 Å². The Kier molecular flexibility index (Phi) is 23.4. The number of nitrogens with zero attached hydrogens (tertiary/aromatic N) is 3. The van der Waals surface area contributed by atoms with E-state index in [4.69, 9.17) is 11.5 Å². The summed E-state index contributed by atoms with van der Waals surface area (Å²) >= 11 is 0. The minimum Gasteiger partial charge on any atom is -0.508 e. The zero-order valence-electron chi connectivity index (χ0n) is 51.0. The van der Waals surface area contributed by atoms with E-state index in [1.54, 1.807) is 36.5 Å². The molecule has 0 bridgehead atoms. The smallest absolute Gasteiger partial charge is 0.326 e. The molecular weight excluding hydrogens is 1190 g/mol. The Hall–Kier alpha value is -10.4. The quantitative estimate of drug-likeness (QED) is 0.0153. The molecule has 0 radical (unpaired) electrons. The van der Waals surface area contributed by atoms with Crippen LogP contribution in [0.2, 0.25) is 0 Å². The maximum absolute atomic E-state index is 15.1. The Balaban J connectivity index is 1.06. The van der Waals surface area contributed by atoms with Gasteiger partial charge in [0, 0.05) is 74.2 Å². The van der Waals surface area contributed by atoms with E-state index in [1.807, 2.05) is 50.2 Å². The number of para-hydroxylation sites is 1. The number of H-pyrrole nitrogens is 2. The number of aliphatic hydroxyl groups is 1. The number of likely N-dealkylation sites (tertiary alicyclic amines) is 1. The number of rotatable bonds is 31. The topological polar surface area (TPSA) is 440 Å². The first-order valence-corrected chi connectivity index (χ1v) is 30.5. The second-order valence-electron chi connectivity index (χ2n) is 23.5. The van der Waals surface area contributed by atoms with Gasteiger partial charge in [-0.2, -0.15) is 0 Å². The van der Waals surface area contributed by atoms with Crippen LogP contribution in [0.25, 0.3) is 21.7 Å². The van der Waals surface area contributed by atoms with Gasteiger partial charge in [0.15, 0.2) is 5.96 Å². The van der Waals surface area contributed by atoms with E-state index in [9.17, 15) is 53.7 Å². The number of hydrogen-bond donors (Lipinski definition) is 15. The largest absolute Gasteiger partial charge is 0.508 e. The maximum Gasteiger partial charge on any atom is 0.326 e. The zero-order valence-corrected chi connectivity index (χ0v) is 51.0. The first-order valence-electron chi connectivity index (χ1n) is 30.5. The molecule has 9 amide bonds. The van der Waals surface area contributed by atoms with Gasteiger partial charge in [-0.15, -0.1) is 0 Å². The number of imidazole rings is 1. The molecule has 0 saturated carbocycles. The molecular formula is C64H79N15O13.